The van der Waals surface area contributed by atoms with Gasteiger partial charge in [0.15, 0.2) is 8.07 Å². The van der Waals surface area contributed by atoms with E-state index < -0.39 is 8.07 Å². The number of nitrogens with zero attached hydrogens (tertiary/aromatic N) is 1. The monoisotopic (exact) mass is 865 g/mol. The quantitative estimate of drug-likeness (QED) is 0.0978. The Hall–Kier alpha value is -7.00. The minimum absolute atomic E-state index is 0.175. The third-order valence-electron chi connectivity index (χ3n) is 15.7. The molecule has 0 aliphatic heterocycles. The first kappa shape index (κ1) is 40.5. The van der Waals surface area contributed by atoms with Gasteiger partial charge in [-0.1, -0.05) is 208 Å². The average Bonchev–Trinajstić information content (AvgIpc) is 4.09. The molecule has 320 valence electrons. The van der Waals surface area contributed by atoms with Crippen molar-refractivity contribution in [1.29, 1.82) is 0 Å². The molecule has 0 heterocycles. The zero-order valence-corrected chi connectivity index (χ0v) is 38.9. The molecule has 0 N–H and O–H groups in total. The summed E-state index contributed by atoms with van der Waals surface area (Å²) in [6.07, 6.45) is 5.58. The predicted molar refractivity (Wildman–Crippen MR) is 281 cm³/mol. The third kappa shape index (κ3) is 6.73. The van der Waals surface area contributed by atoms with E-state index in [0.29, 0.717) is 5.92 Å². The van der Waals surface area contributed by atoms with Crippen molar-refractivity contribution in [3.63, 3.8) is 0 Å². The van der Waals surface area contributed by atoms with Crippen LogP contribution in [-0.4, -0.2) is 8.07 Å². The van der Waals surface area contributed by atoms with Gasteiger partial charge in [0.05, 0.1) is 0 Å². The van der Waals surface area contributed by atoms with Crippen molar-refractivity contribution in [2.75, 3.05) is 4.90 Å². The van der Waals surface area contributed by atoms with Crippen LogP contribution in [0.5, 0.6) is 0 Å². The molecule has 0 radical (unpaired) electrons. The first-order valence-corrected chi connectivity index (χ1v) is 26.1. The average molecular weight is 866 g/mol. The van der Waals surface area contributed by atoms with E-state index in [9.17, 15) is 0 Å². The molecule has 66 heavy (non-hydrogen) atoms. The number of rotatable bonds is 10. The lowest BCUT2D eigenvalue weighted by Gasteiger charge is -2.35. The largest absolute Gasteiger partial charge is 0.310 e. The second-order valence-corrected chi connectivity index (χ2v) is 23.4. The van der Waals surface area contributed by atoms with Crippen molar-refractivity contribution in [2.24, 2.45) is 11.8 Å². The lowest BCUT2D eigenvalue weighted by molar-refractivity contribution is 0.420. The van der Waals surface area contributed by atoms with Crippen LogP contribution in [0.3, 0.4) is 0 Å². The summed E-state index contributed by atoms with van der Waals surface area (Å²) in [5.74, 6) is 2.46. The fourth-order valence-corrected chi connectivity index (χ4v) is 17.3. The summed E-state index contributed by atoms with van der Waals surface area (Å²) in [6, 6.07) is 87.1. The van der Waals surface area contributed by atoms with Crippen LogP contribution in [0.1, 0.15) is 62.1 Å². The van der Waals surface area contributed by atoms with E-state index in [2.05, 4.69) is 249 Å². The highest BCUT2D eigenvalue weighted by molar-refractivity contribution is 7.19. The second-order valence-electron chi connectivity index (χ2n) is 19.6. The highest BCUT2D eigenvalue weighted by Gasteiger charge is 2.42. The minimum atomic E-state index is -2.69. The van der Waals surface area contributed by atoms with Gasteiger partial charge in [-0.3, -0.25) is 0 Å². The van der Waals surface area contributed by atoms with Crippen LogP contribution in [0, 0.1) is 11.8 Å². The molecular weight excluding hydrogens is 811 g/mol. The van der Waals surface area contributed by atoms with Gasteiger partial charge in [0.1, 0.15) is 0 Å². The molecule has 3 unspecified atom stereocenters. The molecule has 9 aromatic carbocycles. The van der Waals surface area contributed by atoms with Gasteiger partial charge in [-0.05, 0) is 150 Å². The fraction of sp³-hybridized carbons (Fsp3) is 0.156. The Morgan fingerprint density at radius 3 is 1.47 bits per heavy atom. The van der Waals surface area contributed by atoms with E-state index in [-0.39, 0.29) is 5.41 Å². The Kier molecular flexibility index (Phi) is 10.1. The molecule has 2 heteroatoms. The van der Waals surface area contributed by atoms with Gasteiger partial charge in [-0.25, -0.2) is 0 Å². The maximum absolute atomic E-state index is 2.69. The van der Waals surface area contributed by atoms with Crippen molar-refractivity contribution >= 4 is 45.9 Å². The third-order valence-corrected chi connectivity index (χ3v) is 20.5. The van der Waals surface area contributed by atoms with Crippen LogP contribution in [0.2, 0.25) is 0 Å². The van der Waals surface area contributed by atoms with Crippen molar-refractivity contribution in [1.82, 2.24) is 0 Å². The number of hydrogen-bond donors (Lipinski definition) is 0. The summed E-state index contributed by atoms with van der Waals surface area (Å²) < 4.78 is 0. The molecule has 0 aromatic heterocycles. The molecule has 1 nitrogen and oxygen atoms in total. The Balaban J connectivity index is 0.982. The van der Waals surface area contributed by atoms with E-state index in [1.807, 2.05) is 0 Å². The highest BCUT2D eigenvalue weighted by Crippen LogP contribution is 2.54. The normalized spacial score (nSPS) is 17.9. The zero-order valence-electron chi connectivity index (χ0n) is 37.9. The molecule has 2 saturated carbocycles. The van der Waals surface area contributed by atoms with Crippen LogP contribution in [0.4, 0.5) is 17.1 Å². The standard InChI is InChI=1S/C64H55NSi/c1-64(2)62-40-31-49(58-26-16-15-25-57(58)46-17-7-3-8-18-46)43-61(62)59-39-36-52(44-63(59)64)65(50-32-29-47(30-33-50)60-42-45-27-28-48(60)41-45)51-34-37-56(38-35-51)66(53-19-9-4-10-20-53,54-21-11-5-12-22-54)55-23-13-6-14-24-55/h3-26,29-40,43-45,48,60H,27-28,41-42H2,1-2H3. The Bertz CT molecular complexity index is 3060. The molecule has 3 atom stereocenters. The SMILES string of the molecule is CC1(C)c2ccc(-c3ccccc3-c3ccccc3)cc2-c2ccc(N(c3ccc(C4CC5CCC4C5)cc3)c3ccc([Si](c4ccccc4)(c4ccccc4)c4ccccc4)cc3)cc21. The van der Waals surface area contributed by atoms with Crippen molar-refractivity contribution in [2.45, 2.75) is 50.9 Å². The van der Waals surface area contributed by atoms with Gasteiger partial charge in [-0.15, -0.1) is 0 Å². The number of fused-ring (bicyclic) bond motifs is 5. The molecule has 2 fully saturated rings. The lowest BCUT2D eigenvalue weighted by Crippen LogP contribution is -2.74. The Morgan fingerprint density at radius 2 is 0.909 bits per heavy atom. The highest BCUT2D eigenvalue weighted by atomic mass is 28.3. The van der Waals surface area contributed by atoms with Gasteiger partial charge < -0.3 is 4.90 Å². The van der Waals surface area contributed by atoms with Crippen molar-refractivity contribution < 1.29 is 0 Å². The smallest absolute Gasteiger partial charge is 0.179 e. The molecule has 3 aliphatic rings. The molecular formula is C64H55NSi. The number of hydrogen-bond acceptors (Lipinski definition) is 1. The first-order valence-electron chi connectivity index (χ1n) is 24.1. The van der Waals surface area contributed by atoms with E-state index in [1.54, 1.807) is 0 Å². The van der Waals surface area contributed by atoms with E-state index >= 15 is 0 Å². The van der Waals surface area contributed by atoms with Crippen molar-refractivity contribution in [3.05, 3.63) is 247 Å². The van der Waals surface area contributed by atoms with E-state index in [4.69, 9.17) is 0 Å². The van der Waals surface area contributed by atoms with Crippen LogP contribution < -0.4 is 25.6 Å². The summed E-state index contributed by atoms with van der Waals surface area (Å²) in [5.41, 5.74) is 15.3. The number of benzene rings is 9. The van der Waals surface area contributed by atoms with Gasteiger partial charge in [0.2, 0.25) is 0 Å². The first-order chi connectivity index (χ1) is 32.5. The van der Waals surface area contributed by atoms with Gasteiger partial charge in [0.25, 0.3) is 0 Å². The molecule has 9 aromatic rings. The van der Waals surface area contributed by atoms with Crippen LogP contribution in [0.25, 0.3) is 33.4 Å². The molecule has 0 spiro atoms. The molecule has 0 amide bonds. The lowest BCUT2D eigenvalue weighted by atomic mass is 9.81. The van der Waals surface area contributed by atoms with Crippen LogP contribution in [-0.2, 0) is 5.41 Å². The Labute approximate surface area is 392 Å². The van der Waals surface area contributed by atoms with Crippen LogP contribution in [0.15, 0.2) is 231 Å². The predicted octanol–water partition coefficient (Wildman–Crippen LogP) is 14.1. The van der Waals surface area contributed by atoms with E-state index in [1.165, 1.54) is 108 Å². The topological polar surface area (TPSA) is 3.24 Å². The Morgan fingerprint density at radius 1 is 0.394 bits per heavy atom. The second kappa shape index (κ2) is 16.5. The van der Waals surface area contributed by atoms with E-state index in [0.717, 1.165) is 17.5 Å². The molecule has 3 aliphatic carbocycles. The minimum Gasteiger partial charge on any atom is -0.310 e. The van der Waals surface area contributed by atoms with Gasteiger partial charge in [-0.2, -0.15) is 0 Å². The fourth-order valence-electron chi connectivity index (χ4n) is 12.5. The maximum Gasteiger partial charge on any atom is 0.179 e. The van der Waals surface area contributed by atoms with Crippen molar-refractivity contribution in [3.8, 4) is 33.4 Å². The zero-order chi connectivity index (χ0) is 44.2. The number of anilines is 3. The molecule has 2 bridgehead atoms. The summed E-state index contributed by atoms with van der Waals surface area (Å²) >= 11 is 0. The maximum atomic E-state index is 2.51. The summed E-state index contributed by atoms with van der Waals surface area (Å²) in [7, 11) is -2.69. The van der Waals surface area contributed by atoms with Gasteiger partial charge in [0, 0.05) is 22.5 Å². The van der Waals surface area contributed by atoms with Crippen LogP contribution >= 0.6 is 0 Å². The summed E-state index contributed by atoms with van der Waals surface area (Å²) in [5, 5.41) is 5.53. The molecule has 12 rings (SSSR count). The summed E-state index contributed by atoms with van der Waals surface area (Å²) in [6.45, 7) is 4.81. The summed E-state index contributed by atoms with van der Waals surface area (Å²) in [4.78, 5) is 2.51. The molecule has 0 saturated heterocycles. The van der Waals surface area contributed by atoms with Gasteiger partial charge >= 0.3 is 0 Å².